The van der Waals surface area contributed by atoms with Gasteiger partial charge in [0.2, 0.25) is 0 Å². The van der Waals surface area contributed by atoms with Crippen molar-refractivity contribution in [3.63, 3.8) is 0 Å². The average molecular weight is 274 g/mol. The fraction of sp³-hybridized carbons (Fsp3) is 0.214. The SMILES string of the molecule is Cc1cccc2c1[Se]c1c(C)ccnc1C2. The molecule has 0 bridgehead atoms. The molecular formula is C14H13NSe. The molecule has 0 unspecified atom stereocenters. The first-order valence-corrected chi connectivity index (χ1v) is 7.18. The van der Waals surface area contributed by atoms with Crippen molar-refractivity contribution in [2.24, 2.45) is 0 Å². The van der Waals surface area contributed by atoms with Gasteiger partial charge in [-0.25, -0.2) is 0 Å². The van der Waals surface area contributed by atoms with Crippen LogP contribution < -0.4 is 8.92 Å². The molecule has 0 saturated heterocycles. The van der Waals surface area contributed by atoms with Crippen LogP contribution >= 0.6 is 0 Å². The molecule has 3 rings (SSSR count). The number of benzene rings is 1. The number of hydrogen-bond acceptors (Lipinski definition) is 1. The molecular weight excluding hydrogens is 261 g/mol. The van der Waals surface area contributed by atoms with Gasteiger partial charge < -0.3 is 0 Å². The summed E-state index contributed by atoms with van der Waals surface area (Å²) in [5, 5.41) is 0. The summed E-state index contributed by atoms with van der Waals surface area (Å²) >= 11 is 0.437. The van der Waals surface area contributed by atoms with Crippen LogP contribution in [0.4, 0.5) is 0 Å². The maximum atomic E-state index is 4.52. The summed E-state index contributed by atoms with van der Waals surface area (Å²) in [5.74, 6) is 0. The van der Waals surface area contributed by atoms with Crippen molar-refractivity contribution in [1.82, 2.24) is 4.98 Å². The van der Waals surface area contributed by atoms with E-state index in [0.29, 0.717) is 15.0 Å². The van der Waals surface area contributed by atoms with Gasteiger partial charge in [0.05, 0.1) is 0 Å². The zero-order valence-corrected chi connectivity index (χ0v) is 11.2. The van der Waals surface area contributed by atoms with Crippen LogP contribution in [-0.2, 0) is 6.42 Å². The molecule has 0 aliphatic carbocycles. The summed E-state index contributed by atoms with van der Waals surface area (Å²) in [7, 11) is 0. The molecule has 0 fully saturated rings. The van der Waals surface area contributed by atoms with E-state index in [-0.39, 0.29) is 0 Å². The minimum absolute atomic E-state index is 0.437. The number of rotatable bonds is 0. The predicted octanol–water partition coefficient (Wildman–Crippen LogP) is 1.26. The molecule has 0 saturated carbocycles. The van der Waals surface area contributed by atoms with Crippen LogP contribution in [-0.4, -0.2) is 19.9 Å². The fourth-order valence-corrected chi connectivity index (χ4v) is 4.61. The molecule has 1 aliphatic heterocycles. The summed E-state index contributed by atoms with van der Waals surface area (Å²) in [6.07, 6.45) is 2.95. The van der Waals surface area contributed by atoms with Crippen LogP contribution in [0, 0.1) is 13.8 Å². The number of pyridine rings is 1. The second-order valence-electron chi connectivity index (χ2n) is 4.25. The van der Waals surface area contributed by atoms with E-state index in [1.807, 2.05) is 6.20 Å². The van der Waals surface area contributed by atoms with E-state index in [4.69, 9.17) is 0 Å². The first-order chi connectivity index (χ1) is 7.75. The van der Waals surface area contributed by atoms with E-state index >= 15 is 0 Å². The molecule has 0 radical (unpaired) electrons. The second-order valence-corrected chi connectivity index (χ2v) is 6.39. The maximum absolute atomic E-state index is 4.52. The molecule has 2 heterocycles. The van der Waals surface area contributed by atoms with E-state index in [0.717, 1.165) is 6.42 Å². The van der Waals surface area contributed by atoms with Crippen molar-refractivity contribution >= 4 is 23.9 Å². The monoisotopic (exact) mass is 275 g/mol. The normalized spacial score (nSPS) is 13.1. The van der Waals surface area contributed by atoms with Crippen LogP contribution in [0.2, 0.25) is 0 Å². The van der Waals surface area contributed by atoms with Crippen molar-refractivity contribution in [3.05, 3.63) is 52.8 Å². The molecule has 1 aromatic carbocycles. The van der Waals surface area contributed by atoms with Crippen LogP contribution in [0.1, 0.15) is 22.4 Å². The number of aryl methyl sites for hydroxylation is 2. The topological polar surface area (TPSA) is 12.9 Å². The van der Waals surface area contributed by atoms with Gasteiger partial charge in [-0.1, -0.05) is 0 Å². The van der Waals surface area contributed by atoms with Gasteiger partial charge in [0, 0.05) is 0 Å². The first-order valence-electron chi connectivity index (χ1n) is 5.46. The Labute approximate surface area is 102 Å². The summed E-state index contributed by atoms with van der Waals surface area (Å²) in [4.78, 5) is 4.52. The third-order valence-electron chi connectivity index (χ3n) is 3.03. The molecule has 16 heavy (non-hydrogen) atoms. The Balaban J connectivity index is 2.17. The van der Waals surface area contributed by atoms with Crippen LogP contribution in [0.15, 0.2) is 30.5 Å². The molecule has 1 aromatic heterocycles. The molecule has 0 atom stereocenters. The van der Waals surface area contributed by atoms with Crippen LogP contribution in [0.25, 0.3) is 0 Å². The van der Waals surface area contributed by atoms with Crippen LogP contribution in [0.5, 0.6) is 0 Å². The molecule has 0 amide bonds. The zero-order chi connectivity index (χ0) is 11.1. The van der Waals surface area contributed by atoms with Crippen molar-refractivity contribution in [3.8, 4) is 0 Å². The van der Waals surface area contributed by atoms with Crippen molar-refractivity contribution < 1.29 is 0 Å². The number of nitrogens with zero attached hydrogens (tertiary/aromatic N) is 1. The van der Waals surface area contributed by atoms with E-state index in [1.165, 1.54) is 26.8 Å². The van der Waals surface area contributed by atoms with Crippen molar-refractivity contribution in [2.45, 2.75) is 20.3 Å². The Morgan fingerprint density at radius 3 is 2.75 bits per heavy atom. The quantitative estimate of drug-likeness (QED) is 0.562. The van der Waals surface area contributed by atoms with Gasteiger partial charge in [-0.2, -0.15) is 0 Å². The summed E-state index contributed by atoms with van der Waals surface area (Å²) in [6, 6.07) is 8.75. The third-order valence-corrected chi connectivity index (χ3v) is 6.28. The minimum atomic E-state index is 0.437. The van der Waals surface area contributed by atoms with Gasteiger partial charge in [0.1, 0.15) is 0 Å². The summed E-state index contributed by atoms with van der Waals surface area (Å²) in [5.41, 5.74) is 5.61. The Kier molecular flexibility index (Phi) is 2.34. The Bertz CT molecular complexity index is 511. The molecule has 2 heteroatoms. The van der Waals surface area contributed by atoms with Gasteiger partial charge in [-0.05, 0) is 0 Å². The van der Waals surface area contributed by atoms with Gasteiger partial charge in [0.15, 0.2) is 0 Å². The third kappa shape index (κ3) is 1.50. The second kappa shape index (κ2) is 3.72. The number of fused-ring (bicyclic) bond motifs is 2. The molecule has 1 nitrogen and oxygen atoms in total. The summed E-state index contributed by atoms with van der Waals surface area (Å²) in [6.45, 7) is 4.42. The Morgan fingerprint density at radius 1 is 1.06 bits per heavy atom. The Morgan fingerprint density at radius 2 is 1.88 bits per heavy atom. The molecule has 80 valence electrons. The van der Waals surface area contributed by atoms with E-state index < -0.39 is 0 Å². The van der Waals surface area contributed by atoms with Gasteiger partial charge in [0.25, 0.3) is 0 Å². The zero-order valence-electron chi connectivity index (χ0n) is 9.45. The van der Waals surface area contributed by atoms with Crippen molar-refractivity contribution in [1.29, 1.82) is 0 Å². The molecule has 0 N–H and O–H groups in total. The summed E-state index contributed by atoms with van der Waals surface area (Å²) < 4.78 is 3.07. The molecule has 0 spiro atoms. The fourth-order valence-electron chi connectivity index (χ4n) is 2.15. The number of aromatic nitrogens is 1. The van der Waals surface area contributed by atoms with Gasteiger partial charge in [-0.15, -0.1) is 0 Å². The van der Waals surface area contributed by atoms with E-state index in [1.54, 1.807) is 4.46 Å². The van der Waals surface area contributed by atoms with Gasteiger partial charge in [-0.3, -0.25) is 0 Å². The first kappa shape index (κ1) is 10.1. The predicted molar refractivity (Wildman–Crippen MR) is 68.0 cm³/mol. The standard InChI is InChI=1S/C14H13NSe/c1-9-4-3-5-11-8-12-14(16-13(9)11)10(2)6-7-15-12/h3-7H,8H2,1-2H3. The van der Waals surface area contributed by atoms with Crippen LogP contribution in [0.3, 0.4) is 0 Å². The number of hydrogen-bond donors (Lipinski definition) is 0. The van der Waals surface area contributed by atoms with E-state index in [2.05, 4.69) is 43.1 Å². The van der Waals surface area contributed by atoms with Gasteiger partial charge >= 0.3 is 102 Å². The molecule has 2 aromatic rings. The molecule has 1 aliphatic rings. The average Bonchev–Trinajstić information content (AvgIpc) is 2.28. The van der Waals surface area contributed by atoms with Crippen molar-refractivity contribution in [2.75, 3.05) is 0 Å². The Hall–Kier alpha value is -1.11. The van der Waals surface area contributed by atoms with E-state index in [9.17, 15) is 0 Å².